The van der Waals surface area contributed by atoms with Crippen molar-refractivity contribution in [3.05, 3.63) is 30.3 Å². The number of nitrogens with one attached hydrogen (secondary N) is 1. The van der Waals surface area contributed by atoms with Gasteiger partial charge in [0.1, 0.15) is 0 Å². The highest BCUT2D eigenvalue weighted by Gasteiger charge is 2.22. The first kappa shape index (κ1) is 16.4. The third-order valence-electron chi connectivity index (χ3n) is 4.97. The largest absolute Gasteiger partial charge is 0.371 e. The molecule has 1 aliphatic rings. The second kappa shape index (κ2) is 7.84. The zero-order valence-electron chi connectivity index (χ0n) is 14.2. The number of benzene rings is 1. The van der Waals surface area contributed by atoms with Crippen molar-refractivity contribution >= 4 is 5.69 Å². The van der Waals surface area contributed by atoms with E-state index < -0.39 is 0 Å². The Morgan fingerprint density at radius 1 is 1.00 bits per heavy atom. The highest BCUT2D eigenvalue weighted by Crippen LogP contribution is 2.22. The Kier molecular flexibility index (Phi) is 6.10. The van der Waals surface area contributed by atoms with E-state index >= 15 is 0 Å². The Morgan fingerprint density at radius 2 is 1.57 bits per heavy atom. The van der Waals surface area contributed by atoms with Crippen LogP contribution in [0.1, 0.15) is 40.5 Å². The van der Waals surface area contributed by atoms with Gasteiger partial charge in [0.2, 0.25) is 0 Å². The molecule has 0 aliphatic carbocycles. The molecule has 21 heavy (non-hydrogen) atoms. The van der Waals surface area contributed by atoms with E-state index in [2.05, 4.69) is 68.2 Å². The molecular weight excluding hydrogens is 256 g/mol. The average molecular weight is 288 g/mol. The molecule has 0 unspecified atom stereocenters. The van der Waals surface area contributed by atoms with Crippen LogP contribution in [0.5, 0.6) is 0 Å². The Labute approximate surface area is 130 Å². The molecule has 1 aliphatic heterocycles. The van der Waals surface area contributed by atoms with Gasteiger partial charge >= 0.3 is 0 Å². The molecule has 0 radical (unpaired) electrons. The topological polar surface area (TPSA) is 15.3 Å². The zero-order valence-corrected chi connectivity index (χ0v) is 14.2. The van der Waals surface area contributed by atoms with Crippen LogP contribution in [0.15, 0.2) is 30.3 Å². The maximum Gasteiger partial charge on any atom is 0.0366 e. The van der Waals surface area contributed by atoms with Crippen LogP contribution in [-0.4, -0.2) is 25.7 Å². The third-order valence-corrected chi connectivity index (χ3v) is 4.97. The van der Waals surface area contributed by atoms with Crippen molar-refractivity contribution in [3.63, 3.8) is 0 Å². The summed E-state index contributed by atoms with van der Waals surface area (Å²) in [6, 6.07) is 11.5. The summed E-state index contributed by atoms with van der Waals surface area (Å²) in [7, 11) is 0. The predicted molar refractivity (Wildman–Crippen MR) is 92.8 cm³/mol. The molecule has 0 spiro atoms. The summed E-state index contributed by atoms with van der Waals surface area (Å²) < 4.78 is 0. The van der Waals surface area contributed by atoms with Crippen molar-refractivity contribution < 1.29 is 0 Å². The summed E-state index contributed by atoms with van der Waals surface area (Å²) in [5, 5.41) is 3.83. The van der Waals surface area contributed by atoms with Crippen LogP contribution < -0.4 is 10.2 Å². The monoisotopic (exact) mass is 288 g/mol. The molecule has 2 nitrogen and oxygen atoms in total. The summed E-state index contributed by atoms with van der Waals surface area (Å²) in [5.41, 5.74) is 1.37. The molecule has 0 amide bonds. The van der Waals surface area contributed by atoms with E-state index in [1.54, 1.807) is 0 Å². The Hall–Kier alpha value is -1.02. The molecule has 1 aromatic rings. The van der Waals surface area contributed by atoms with Gasteiger partial charge in [-0.2, -0.15) is 0 Å². The molecule has 2 rings (SSSR count). The fraction of sp³-hybridized carbons (Fsp3) is 0.684. The molecule has 1 fully saturated rings. The standard InChI is InChI=1S/C19H32N2/c1-15(2)19(16(3)4)14-20-17-10-12-21(13-11-17)18-8-6-5-7-9-18/h5-9,15-17,19-20H,10-14H2,1-4H3. The van der Waals surface area contributed by atoms with E-state index in [0.29, 0.717) is 6.04 Å². The van der Waals surface area contributed by atoms with Gasteiger partial charge < -0.3 is 10.2 Å². The zero-order chi connectivity index (χ0) is 15.2. The van der Waals surface area contributed by atoms with Gasteiger partial charge in [0.15, 0.2) is 0 Å². The molecule has 1 saturated heterocycles. The summed E-state index contributed by atoms with van der Waals surface area (Å²) >= 11 is 0. The molecule has 2 heteroatoms. The lowest BCUT2D eigenvalue weighted by atomic mass is 9.85. The Morgan fingerprint density at radius 3 is 2.10 bits per heavy atom. The first-order valence-electron chi connectivity index (χ1n) is 8.61. The van der Waals surface area contributed by atoms with E-state index in [1.807, 2.05) is 0 Å². The summed E-state index contributed by atoms with van der Waals surface area (Å²) in [5.74, 6) is 2.32. The van der Waals surface area contributed by atoms with Crippen molar-refractivity contribution in [2.75, 3.05) is 24.5 Å². The van der Waals surface area contributed by atoms with Crippen LogP contribution in [0.4, 0.5) is 5.69 Å². The van der Waals surface area contributed by atoms with Gasteiger partial charge in [0.25, 0.3) is 0 Å². The predicted octanol–water partition coefficient (Wildman–Crippen LogP) is 4.17. The van der Waals surface area contributed by atoms with Crippen LogP contribution in [0.25, 0.3) is 0 Å². The lowest BCUT2D eigenvalue weighted by Crippen LogP contribution is -2.45. The number of hydrogen-bond acceptors (Lipinski definition) is 2. The van der Waals surface area contributed by atoms with Gasteiger partial charge in [-0.25, -0.2) is 0 Å². The number of para-hydroxylation sites is 1. The minimum atomic E-state index is 0.699. The van der Waals surface area contributed by atoms with Crippen LogP contribution in [0, 0.1) is 17.8 Å². The van der Waals surface area contributed by atoms with Crippen molar-refractivity contribution in [2.45, 2.75) is 46.6 Å². The van der Waals surface area contributed by atoms with Crippen molar-refractivity contribution in [3.8, 4) is 0 Å². The van der Waals surface area contributed by atoms with Crippen LogP contribution >= 0.6 is 0 Å². The average Bonchev–Trinajstić information content (AvgIpc) is 2.48. The van der Waals surface area contributed by atoms with Gasteiger partial charge in [-0.1, -0.05) is 45.9 Å². The Balaban J connectivity index is 1.77. The van der Waals surface area contributed by atoms with E-state index in [-0.39, 0.29) is 0 Å². The molecule has 0 saturated carbocycles. The van der Waals surface area contributed by atoms with E-state index in [9.17, 15) is 0 Å². The SMILES string of the molecule is CC(C)C(CNC1CCN(c2ccccc2)CC1)C(C)C. The van der Waals surface area contributed by atoms with Crippen molar-refractivity contribution in [1.29, 1.82) is 0 Å². The number of nitrogens with zero attached hydrogens (tertiary/aromatic N) is 1. The number of anilines is 1. The van der Waals surface area contributed by atoms with Crippen LogP contribution in [0.2, 0.25) is 0 Å². The summed E-state index contributed by atoms with van der Waals surface area (Å²) in [6.07, 6.45) is 2.52. The first-order valence-corrected chi connectivity index (χ1v) is 8.61. The second-order valence-corrected chi connectivity index (χ2v) is 7.16. The number of rotatable bonds is 6. The van der Waals surface area contributed by atoms with Gasteiger partial charge in [0.05, 0.1) is 0 Å². The summed E-state index contributed by atoms with van der Waals surface area (Å²) in [6.45, 7) is 12.9. The minimum absolute atomic E-state index is 0.699. The van der Waals surface area contributed by atoms with Crippen LogP contribution in [-0.2, 0) is 0 Å². The van der Waals surface area contributed by atoms with Crippen molar-refractivity contribution in [2.24, 2.45) is 17.8 Å². The Bertz CT molecular complexity index is 383. The highest BCUT2D eigenvalue weighted by atomic mass is 15.1. The van der Waals surface area contributed by atoms with Crippen molar-refractivity contribution in [1.82, 2.24) is 5.32 Å². The molecule has 0 aromatic heterocycles. The maximum atomic E-state index is 3.83. The molecule has 1 N–H and O–H groups in total. The van der Waals surface area contributed by atoms with Gasteiger partial charge in [-0.3, -0.25) is 0 Å². The molecule has 0 atom stereocenters. The first-order chi connectivity index (χ1) is 10.1. The highest BCUT2D eigenvalue weighted by molar-refractivity contribution is 5.46. The molecule has 1 aromatic carbocycles. The fourth-order valence-electron chi connectivity index (χ4n) is 3.52. The van der Waals surface area contributed by atoms with E-state index in [0.717, 1.165) is 17.8 Å². The number of hydrogen-bond donors (Lipinski definition) is 1. The summed E-state index contributed by atoms with van der Waals surface area (Å²) in [4.78, 5) is 2.51. The molecule has 0 bridgehead atoms. The minimum Gasteiger partial charge on any atom is -0.371 e. The smallest absolute Gasteiger partial charge is 0.0366 e. The number of piperidine rings is 1. The fourth-order valence-corrected chi connectivity index (χ4v) is 3.52. The molecule has 118 valence electrons. The quantitative estimate of drug-likeness (QED) is 0.845. The van der Waals surface area contributed by atoms with Gasteiger partial charge in [-0.05, 0) is 49.3 Å². The normalized spacial score (nSPS) is 17.2. The van der Waals surface area contributed by atoms with Gasteiger partial charge in [0, 0.05) is 24.8 Å². The molecule has 1 heterocycles. The lowest BCUT2D eigenvalue weighted by Gasteiger charge is -2.35. The maximum absolute atomic E-state index is 3.83. The van der Waals surface area contributed by atoms with Crippen LogP contribution in [0.3, 0.4) is 0 Å². The van der Waals surface area contributed by atoms with E-state index in [4.69, 9.17) is 0 Å². The lowest BCUT2D eigenvalue weighted by molar-refractivity contribution is 0.257. The third kappa shape index (κ3) is 4.74. The molecular formula is C19H32N2. The van der Waals surface area contributed by atoms with Gasteiger partial charge in [-0.15, -0.1) is 0 Å². The van der Waals surface area contributed by atoms with E-state index in [1.165, 1.54) is 38.2 Å². The second-order valence-electron chi connectivity index (χ2n) is 7.16.